The molecule has 3 aromatic rings. The summed E-state index contributed by atoms with van der Waals surface area (Å²) in [4.78, 5) is 0. The highest BCUT2D eigenvalue weighted by Crippen LogP contribution is 2.32. The molecule has 0 radical (unpaired) electrons. The summed E-state index contributed by atoms with van der Waals surface area (Å²) in [7, 11) is 0. The van der Waals surface area contributed by atoms with Crippen molar-refractivity contribution < 1.29 is 0 Å². The first-order chi connectivity index (χ1) is 7.45. The van der Waals surface area contributed by atoms with Gasteiger partial charge in [-0.1, -0.05) is 50.2 Å². The molecule has 1 aromatic heterocycles. The number of benzene rings is 2. The van der Waals surface area contributed by atoms with Gasteiger partial charge in [0.15, 0.2) is 0 Å². The molecule has 0 saturated carbocycles. The highest BCUT2D eigenvalue weighted by Gasteiger charge is 2.01. The normalized spacial score (nSPS) is 9.38. The van der Waals surface area contributed by atoms with Crippen LogP contribution in [0.4, 0.5) is 0 Å². The second kappa shape index (κ2) is 5.92. The van der Waals surface area contributed by atoms with E-state index in [1.807, 2.05) is 25.2 Å². The zero-order valence-corrected chi connectivity index (χ0v) is 11.3. The third-order valence-corrected chi connectivity index (χ3v) is 3.44. The summed E-state index contributed by atoms with van der Waals surface area (Å²) >= 11 is 1.86. The van der Waals surface area contributed by atoms with Crippen molar-refractivity contribution in [2.75, 3.05) is 0 Å². The van der Waals surface area contributed by atoms with Crippen LogP contribution in [0.2, 0.25) is 0 Å². The van der Waals surface area contributed by atoms with Crippen molar-refractivity contribution in [3.05, 3.63) is 48.5 Å². The molecule has 0 unspecified atom stereocenters. The molecule has 0 bridgehead atoms. The second-order valence-corrected chi connectivity index (χ2v) is 4.18. The predicted molar refractivity (Wildman–Crippen MR) is 81.1 cm³/mol. The van der Waals surface area contributed by atoms with E-state index in [9.17, 15) is 0 Å². The lowest BCUT2D eigenvalue weighted by Gasteiger charge is -1.88. The predicted octanol–water partition coefficient (Wildman–Crippen LogP) is 5.19. The first-order valence-corrected chi connectivity index (χ1v) is 6.13. The standard InChI is InChI=1S/C12H8S.C2H6.H2S/c1-3-7-11-9(5-1)10-6-2-4-8-12(10)13-11;1-2;/h1-8H;1-2H3;1H2. The van der Waals surface area contributed by atoms with Crippen LogP contribution >= 0.6 is 24.8 Å². The Balaban J connectivity index is 0.000000406. The molecule has 0 nitrogen and oxygen atoms in total. The van der Waals surface area contributed by atoms with Crippen LogP contribution < -0.4 is 0 Å². The third-order valence-electron chi connectivity index (χ3n) is 2.28. The summed E-state index contributed by atoms with van der Waals surface area (Å²) in [6.07, 6.45) is 0. The van der Waals surface area contributed by atoms with Crippen molar-refractivity contribution in [2.45, 2.75) is 13.8 Å². The first kappa shape index (κ1) is 13.1. The largest absolute Gasteiger partial charge is 0.197 e. The molecule has 3 rings (SSSR count). The molecule has 0 aliphatic carbocycles. The highest BCUT2D eigenvalue weighted by molar-refractivity contribution is 7.59. The molecule has 0 N–H and O–H groups in total. The van der Waals surface area contributed by atoms with Gasteiger partial charge in [0, 0.05) is 20.2 Å². The first-order valence-electron chi connectivity index (χ1n) is 5.31. The minimum absolute atomic E-state index is 0. The lowest BCUT2D eigenvalue weighted by molar-refractivity contribution is 1.50. The molecule has 2 aromatic carbocycles. The van der Waals surface area contributed by atoms with E-state index in [0.717, 1.165) is 0 Å². The van der Waals surface area contributed by atoms with E-state index in [0.29, 0.717) is 0 Å². The van der Waals surface area contributed by atoms with E-state index in [1.54, 1.807) is 0 Å². The number of thiophene rings is 1. The van der Waals surface area contributed by atoms with Gasteiger partial charge in [-0.25, -0.2) is 0 Å². The van der Waals surface area contributed by atoms with Crippen molar-refractivity contribution >= 4 is 45.0 Å². The molecule has 1 heterocycles. The van der Waals surface area contributed by atoms with E-state index in [-0.39, 0.29) is 13.5 Å². The van der Waals surface area contributed by atoms with Gasteiger partial charge in [0.25, 0.3) is 0 Å². The Bertz CT molecular complexity index is 516. The van der Waals surface area contributed by atoms with Crippen molar-refractivity contribution in [3.63, 3.8) is 0 Å². The second-order valence-electron chi connectivity index (χ2n) is 3.09. The van der Waals surface area contributed by atoms with Crippen LogP contribution in [0, 0.1) is 0 Å². The van der Waals surface area contributed by atoms with Gasteiger partial charge in [0.1, 0.15) is 0 Å². The van der Waals surface area contributed by atoms with Gasteiger partial charge in [-0.05, 0) is 12.1 Å². The highest BCUT2D eigenvalue weighted by atomic mass is 32.1. The number of fused-ring (bicyclic) bond motifs is 3. The SMILES string of the molecule is CC.S.c1ccc2c(c1)sc1ccccc12. The molecule has 2 heteroatoms. The van der Waals surface area contributed by atoms with Gasteiger partial charge >= 0.3 is 0 Å². The van der Waals surface area contributed by atoms with E-state index >= 15 is 0 Å². The lowest BCUT2D eigenvalue weighted by Crippen LogP contribution is -1.62. The summed E-state index contributed by atoms with van der Waals surface area (Å²) in [6, 6.07) is 17.1. The Labute approximate surface area is 107 Å². The fourth-order valence-electron chi connectivity index (χ4n) is 1.67. The zero-order valence-electron chi connectivity index (χ0n) is 9.53. The quantitative estimate of drug-likeness (QED) is 0.513. The van der Waals surface area contributed by atoms with Crippen LogP contribution in [0.1, 0.15) is 13.8 Å². The molecular weight excluding hydrogens is 232 g/mol. The van der Waals surface area contributed by atoms with Crippen LogP contribution in [-0.4, -0.2) is 0 Å². The molecule has 0 aliphatic rings. The monoisotopic (exact) mass is 248 g/mol. The molecule has 0 spiro atoms. The van der Waals surface area contributed by atoms with Crippen LogP contribution in [0.5, 0.6) is 0 Å². The van der Waals surface area contributed by atoms with Crippen LogP contribution in [-0.2, 0) is 0 Å². The smallest absolute Gasteiger partial charge is 0.0355 e. The van der Waals surface area contributed by atoms with Gasteiger partial charge in [-0.3, -0.25) is 0 Å². The topological polar surface area (TPSA) is 0 Å². The summed E-state index contributed by atoms with van der Waals surface area (Å²) in [5.41, 5.74) is 0. The molecule has 0 amide bonds. The van der Waals surface area contributed by atoms with Gasteiger partial charge in [0.05, 0.1) is 0 Å². The maximum Gasteiger partial charge on any atom is 0.0355 e. The van der Waals surface area contributed by atoms with Gasteiger partial charge in [0.2, 0.25) is 0 Å². The van der Waals surface area contributed by atoms with E-state index in [2.05, 4.69) is 48.5 Å². The van der Waals surface area contributed by atoms with E-state index < -0.39 is 0 Å². The van der Waals surface area contributed by atoms with Crippen molar-refractivity contribution in [3.8, 4) is 0 Å². The summed E-state index contributed by atoms with van der Waals surface area (Å²) in [6.45, 7) is 4.00. The number of hydrogen-bond donors (Lipinski definition) is 0. The molecule has 84 valence electrons. The Morgan fingerprint density at radius 2 is 1.06 bits per heavy atom. The van der Waals surface area contributed by atoms with Crippen LogP contribution in [0.25, 0.3) is 20.2 Å². The fraction of sp³-hybridized carbons (Fsp3) is 0.143. The van der Waals surface area contributed by atoms with Crippen LogP contribution in [0.3, 0.4) is 0 Å². The van der Waals surface area contributed by atoms with Gasteiger partial charge in [-0.2, -0.15) is 13.5 Å². The maximum absolute atomic E-state index is 2.19. The Morgan fingerprint density at radius 3 is 1.50 bits per heavy atom. The molecule has 0 atom stereocenters. The zero-order chi connectivity index (χ0) is 10.7. The van der Waals surface area contributed by atoms with Crippen LogP contribution in [0.15, 0.2) is 48.5 Å². The third kappa shape index (κ3) is 2.23. The van der Waals surface area contributed by atoms with Gasteiger partial charge < -0.3 is 0 Å². The van der Waals surface area contributed by atoms with Crippen molar-refractivity contribution in [1.82, 2.24) is 0 Å². The number of hydrogen-bond acceptors (Lipinski definition) is 1. The minimum atomic E-state index is 0. The summed E-state index contributed by atoms with van der Waals surface area (Å²) in [5.74, 6) is 0. The fourth-order valence-corrected chi connectivity index (χ4v) is 2.78. The lowest BCUT2D eigenvalue weighted by atomic mass is 10.2. The Hall–Kier alpha value is -0.990. The Kier molecular flexibility index (Phi) is 4.84. The summed E-state index contributed by atoms with van der Waals surface area (Å²) < 4.78 is 2.76. The molecule has 0 saturated heterocycles. The maximum atomic E-state index is 2.19. The van der Waals surface area contributed by atoms with E-state index in [1.165, 1.54) is 20.2 Å². The molecule has 0 fully saturated rings. The summed E-state index contributed by atoms with van der Waals surface area (Å²) in [5, 5.41) is 2.76. The van der Waals surface area contributed by atoms with Crippen molar-refractivity contribution in [2.24, 2.45) is 0 Å². The molecule has 16 heavy (non-hydrogen) atoms. The Morgan fingerprint density at radius 1 is 0.688 bits per heavy atom. The number of rotatable bonds is 0. The van der Waals surface area contributed by atoms with Gasteiger partial charge in [-0.15, -0.1) is 11.3 Å². The van der Waals surface area contributed by atoms with E-state index in [4.69, 9.17) is 0 Å². The molecular formula is C14H16S2. The molecule has 0 aliphatic heterocycles. The average Bonchev–Trinajstić information content (AvgIpc) is 2.70. The van der Waals surface area contributed by atoms with Crippen molar-refractivity contribution in [1.29, 1.82) is 0 Å². The average molecular weight is 248 g/mol. The minimum Gasteiger partial charge on any atom is -0.197 e.